The zero-order valence-corrected chi connectivity index (χ0v) is 12.3. The summed E-state index contributed by atoms with van der Waals surface area (Å²) in [4.78, 5) is 11.5. The number of benzene rings is 1. The van der Waals surface area contributed by atoms with E-state index in [1.54, 1.807) is 0 Å². The summed E-state index contributed by atoms with van der Waals surface area (Å²) in [5.74, 6) is -0.0416. The SMILES string of the molecule is C[C@@H](CCCCNC(=O)OCc1ccccc1)C(O)C#N. The lowest BCUT2D eigenvalue weighted by molar-refractivity contribution is 0.139. The molecule has 5 heteroatoms. The molecule has 0 fully saturated rings. The van der Waals surface area contributed by atoms with Gasteiger partial charge in [-0.3, -0.25) is 0 Å². The quantitative estimate of drug-likeness (QED) is 0.569. The van der Waals surface area contributed by atoms with E-state index in [9.17, 15) is 9.90 Å². The number of unbranched alkanes of at least 4 members (excludes halogenated alkanes) is 1. The molecule has 2 atom stereocenters. The van der Waals surface area contributed by atoms with Gasteiger partial charge in [0, 0.05) is 6.54 Å². The van der Waals surface area contributed by atoms with E-state index in [0.29, 0.717) is 6.54 Å². The van der Waals surface area contributed by atoms with Crippen molar-refractivity contribution in [1.82, 2.24) is 5.32 Å². The van der Waals surface area contributed by atoms with Gasteiger partial charge < -0.3 is 15.2 Å². The van der Waals surface area contributed by atoms with Gasteiger partial charge in [0.1, 0.15) is 12.7 Å². The number of hydrogen-bond donors (Lipinski definition) is 2. The number of alkyl carbamates (subject to hydrolysis) is 1. The molecule has 0 radical (unpaired) electrons. The van der Waals surface area contributed by atoms with Gasteiger partial charge in [0.25, 0.3) is 0 Å². The summed E-state index contributed by atoms with van der Waals surface area (Å²) in [7, 11) is 0. The molecular weight excluding hydrogens is 268 g/mol. The lowest BCUT2D eigenvalue weighted by Crippen LogP contribution is -2.25. The number of carbonyl (C=O) groups is 1. The molecule has 2 N–H and O–H groups in total. The average Bonchev–Trinajstić information content (AvgIpc) is 2.52. The number of ether oxygens (including phenoxy) is 1. The van der Waals surface area contributed by atoms with Crippen LogP contribution in [0.4, 0.5) is 4.79 Å². The van der Waals surface area contributed by atoms with Gasteiger partial charge in [0.05, 0.1) is 6.07 Å². The van der Waals surface area contributed by atoms with Gasteiger partial charge in [0.15, 0.2) is 0 Å². The molecule has 1 rings (SSSR count). The number of nitrogens with zero attached hydrogens (tertiary/aromatic N) is 1. The fourth-order valence-corrected chi connectivity index (χ4v) is 1.84. The van der Waals surface area contributed by atoms with Crippen LogP contribution in [0.3, 0.4) is 0 Å². The first-order valence-corrected chi connectivity index (χ1v) is 7.15. The van der Waals surface area contributed by atoms with Crippen LogP contribution >= 0.6 is 0 Å². The van der Waals surface area contributed by atoms with E-state index >= 15 is 0 Å². The Morgan fingerprint density at radius 2 is 2.10 bits per heavy atom. The van der Waals surface area contributed by atoms with E-state index in [1.165, 1.54) is 0 Å². The summed E-state index contributed by atoms with van der Waals surface area (Å²) in [5.41, 5.74) is 0.951. The van der Waals surface area contributed by atoms with Gasteiger partial charge in [-0.15, -0.1) is 0 Å². The van der Waals surface area contributed by atoms with E-state index < -0.39 is 12.2 Å². The Kier molecular flexibility index (Phi) is 7.92. The fourth-order valence-electron chi connectivity index (χ4n) is 1.84. The van der Waals surface area contributed by atoms with Gasteiger partial charge in [-0.2, -0.15) is 5.26 Å². The molecule has 114 valence electrons. The van der Waals surface area contributed by atoms with Crippen molar-refractivity contribution in [3.63, 3.8) is 0 Å². The molecule has 0 saturated heterocycles. The normalized spacial score (nSPS) is 13.0. The van der Waals surface area contributed by atoms with Crippen LogP contribution in [0.25, 0.3) is 0 Å². The zero-order valence-electron chi connectivity index (χ0n) is 12.3. The lowest BCUT2D eigenvalue weighted by atomic mass is 9.99. The maximum atomic E-state index is 11.5. The first kappa shape index (κ1) is 17.0. The van der Waals surface area contributed by atoms with Crippen molar-refractivity contribution in [3.8, 4) is 6.07 Å². The monoisotopic (exact) mass is 290 g/mol. The number of carbonyl (C=O) groups excluding carboxylic acids is 1. The molecule has 21 heavy (non-hydrogen) atoms. The highest BCUT2D eigenvalue weighted by molar-refractivity contribution is 5.67. The topological polar surface area (TPSA) is 82.3 Å². The van der Waals surface area contributed by atoms with Crippen LogP contribution < -0.4 is 5.32 Å². The number of amides is 1. The Labute approximate surface area is 125 Å². The van der Waals surface area contributed by atoms with Crippen LogP contribution in [0, 0.1) is 17.2 Å². The second-order valence-corrected chi connectivity index (χ2v) is 5.04. The van der Waals surface area contributed by atoms with Crippen LogP contribution in [0.5, 0.6) is 0 Å². The standard InChI is InChI=1S/C16H22N2O3/c1-13(15(19)11-17)7-5-6-10-18-16(20)21-12-14-8-3-2-4-9-14/h2-4,8-9,13,15,19H,5-7,10,12H2,1H3,(H,18,20)/t13-,15?/m0/s1. The van der Waals surface area contributed by atoms with Crippen molar-refractivity contribution in [1.29, 1.82) is 5.26 Å². The predicted octanol–water partition coefficient (Wildman–Crippen LogP) is 2.60. The summed E-state index contributed by atoms with van der Waals surface area (Å²) in [6.07, 6.45) is 1.06. The molecule has 0 aliphatic rings. The van der Waals surface area contributed by atoms with Crippen molar-refractivity contribution in [2.45, 2.75) is 38.9 Å². The largest absolute Gasteiger partial charge is 0.445 e. The molecule has 0 bridgehead atoms. The number of aliphatic hydroxyl groups is 1. The van der Waals surface area contributed by atoms with Crippen molar-refractivity contribution >= 4 is 6.09 Å². The second-order valence-electron chi connectivity index (χ2n) is 5.04. The molecule has 0 saturated carbocycles. The Hall–Kier alpha value is -2.06. The highest BCUT2D eigenvalue weighted by Gasteiger charge is 2.12. The summed E-state index contributed by atoms with van der Waals surface area (Å²) >= 11 is 0. The van der Waals surface area contributed by atoms with Crippen LogP contribution in [0.15, 0.2) is 30.3 Å². The number of nitriles is 1. The molecule has 0 aliphatic heterocycles. The van der Waals surface area contributed by atoms with Crippen LogP contribution in [0.1, 0.15) is 31.7 Å². The molecule has 0 aromatic heterocycles. The van der Waals surface area contributed by atoms with Gasteiger partial charge in [-0.05, 0) is 24.3 Å². The van der Waals surface area contributed by atoms with E-state index in [-0.39, 0.29) is 12.5 Å². The van der Waals surface area contributed by atoms with E-state index in [1.807, 2.05) is 43.3 Å². The van der Waals surface area contributed by atoms with Crippen molar-refractivity contribution in [2.24, 2.45) is 5.92 Å². The maximum absolute atomic E-state index is 11.5. The number of nitrogens with one attached hydrogen (secondary N) is 1. The van der Waals surface area contributed by atoms with Crippen molar-refractivity contribution in [2.75, 3.05) is 6.54 Å². The highest BCUT2D eigenvalue weighted by Crippen LogP contribution is 2.11. The first-order valence-electron chi connectivity index (χ1n) is 7.15. The van der Waals surface area contributed by atoms with Gasteiger partial charge in [-0.25, -0.2) is 4.79 Å². The average molecular weight is 290 g/mol. The first-order chi connectivity index (χ1) is 10.1. The van der Waals surface area contributed by atoms with E-state index in [0.717, 1.165) is 24.8 Å². The third-order valence-corrected chi connectivity index (χ3v) is 3.24. The molecule has 1 amide bonds. The van der Waals surface area contributed by atoms with Gasteiger partial charge in [0.2, 0.25) is 0 Å². The summed E-state index contributed by atoms with van der Waals surface area (Å²) in [6, 6.07) is 11.3. The van der Waals surface area contributed by atoms with Crippen LogP contribution in [-0.4, -0.2) is 23.8 Å². The Morgan fingerprint density at radius 3 is 2.76 bits per heavy atom. The highest BCUT2D eigenvalue weighted by atomic mass is 16.5. The lowest BCUT2D eigenvalue weighted by Gasteiger charge is -2.12. The minimum Gasteiger partial charge on any atom is -0.445 e. The second kappa shape index (κ2) is 9.78. The third-order valence-electron chi connectivity index (χ3n) is 3.24. The number of aliphatic hydroxyl groups excluding tert-OH is 1. The van der Waals surface area contributed by atoms with E-state index in [2.05, 4.69) is 5.32 Å². The minimum atomic E-state index is -0.909. The minimum absolute atomic E-state index is 0.0416. The van der Waals surface area contributed by atoms with Crippen molar-refractivity contribution < 1.29 is 14.6 Å². The number of rotatable bonds is 8. The maximum Gasteiger partial charge on any atom is 0.407 e. The fraction of sp³-hybridized carbons (Fsp3) is 0.500. The smallest absolute Gasteiger partial charge is 0.407 e. The Bertz CT molecular complexity index is 456. The molecule has 5 nitrogen and oxygen atoms in total. The zero-order chi connectivity index (χ0) is 15.5. The Balaban J connectivity index is 2.05. The van der Waals surface area contributed by atoms with E-state index in [4.69, 9.17) is 10.00 Å². The number of hydrogen-bond acceptors (Lipinski definition) is 4. The third kappa shape index (κ3) is 7.33. The molecule has 0 aliphatic carbocycles. The van der Waals surface area contributed by atoms with Gasteiger partial charge >= 0.3 is 6.09 Å². The summed E-state index contributed by atoms with van der Waals surface area (Å²) < 4.78 is 5.08. The molecule has 0 spiro atoms. The Morgan fingerprint density at radius 1 is 1.38 bits per heavy atom. The van der Waals surface area contributed by atoms with Crippen LogP contribution in [-0.2, 0) is 11.3 Å². The molecular formula is C16H22N2O3. The predicted molar refractivity (Wildman–Crippen MR) is 79.3 cm³/mol. The molecule has 1 aromatic carbocycles. The summed E-state index contributed by atoms with van der Waals surface area (Å²) in [5, 5.41) is 20.5. The molecule has 1 unspecified atom stereocenters. The van der Waals surface area contributed by atoms with Crippen molar-refractivity contribution in [3.05, 3.63) is 35.9 Å². The molecule has 0 heterocycles. The molecule has 1 aromatic rings. The summed E-state index contributed by atoms with van der Waals surface area (Å²) in [6.45, 7) is 2.64. The van der Waals surface area contributed by atoms with Crippen LogP contribution in [0.2, 0.25) is 0 Å². The van der Waals surface area contributed by atoms with Gasteiger partial charge in [-0.1, -0.05) is 43.7 Å².